The number of carbonyl (C=O) groups is 1. The molecule has 1 rings (SSSR count). The van der Waals surface area contributed by atoms with Gasteiger partial charge in [-0.25, -0.2) is 0 Å². The Labute approximate surface area is 91.7 Å². The molecule has 0 aromatic heterocycles. The Hall–Kier alpha value is -0.870. The Morgan fingerprint density at radius 3 is 2.53 bits per heavy atom. The van der Waals surface area contributed by atoms with E-state index in [9.17, 15) is 4.79 Å². The quantitative estimate of drug-likeness (QED) is 0.669. The van der Waals surface area contributed by atoms with E-state index in [2.05, 4.69) is 11.5 Å². The van der Waals surface area contributed by atoms with Gasteiger partial charge in [0.2, 0.25) is 5.91 Å². The smallest absolute Gasteiger partial charge is 0.224 e. The highest BCUT2D eigenvalue weighted by molar-refractivity contribution is 5.76. The van der Waals surface area contributed by atoms with E-state index in [0.29, 0.717) is 6.42 Å². The minimum atomic E-state index is -0.0382. The molecule has 0 aromatic rings. The largest absolute Gasteiger partial charge is 0.340 e. The molecule has 4 heteroatoms. The molecule has 15 heavy (non-hydrogen) atoms. The lowest BCUT2D eigenvalue weighted by molar-refractivity contribution is -0.133. The molecule has 1 atom stereocenters. The topological polar surface area (TPSA) is 49.6 Å². The summed E-state index contributed by atoms with van der Waals surface area (Å²) in [7, 11) is 0. The Balaban J connectivity index is 2.30. The summed E-state index contributed by atoms with van der Waals surface area (Å²) in [5, 5.41) is 0. The van der Waals surface area contributed by atoms with E-state index in [0.717, 1.165) is 32.7 Å². The first-order chi connectivity index (χ1) is 7.13. The van der Waals surface area contributed by atoms with Crippen molar-refractivity contribution in [3.63, 3.8) is 0 Å². The second kappa shape index (κ2) is 5.88. The third kappa shape index (κ3) is 4.01. The fraction of sp³-hybridized carbons (Fsp3) is 0.727. The fourth-order valence-corrected chi connectivity index (χ4v) is 1.77. The maximum atomic E-state index is 11.7. The van der Waals surface area contributed by atoms with Crippen LogP contribution in [0, 0.1) is 0 Å². The van der Waals surface area contributed by atoms with Gasteiger partial charge in [-0.05, 0) is 6.92 Å². The van der Waals surface area contributed by atoms with E-state index < -0.39 is 0 Å². The predicted octanol–water partition coefficient (Wildman–Crippen LogP) is 0.0539. The lowest BCUT2D eigenvalue weighted by Gasteiger charge is -2.34. The minimum Gasteiger partial charge on any atom is -0.340 e. The number of nitrogens with two attached hydrogens (primary N) is 1. The summed E-state index contributed by atoms with van der Waals surface area (Å²) in [6, 6.07) is -0.0382. The highest BCUT2D eigenvalue weighted by Gasteiger charge is 2.20. The van der Waals surface area contributed by atoms with Gasteiger partial charge in [0.05, 0.1) is 0 Å². The van der Waals surface area contributed by atoms with Crippen molar-refractivity contribution in [3.8, 4) is 0 Å². The first-order valence-electron chi connectivity index (χ1n) is 5.50. The first kappa shape index (κ1) is 12.2. The molecule has 1 fully saturated rings. The van der Waals surface area contributed by atoms with Crippen LogP contribution in [-0.4, -0.2) is 54.5 Å². The molecule has 2 N–H and O–H groups in total. The lowest BCUT2D eigenvalue weighted by Crippen LogP contribution is -2.49. The van der Waals surface area contributed by atoms with E-state index >= 15 is 0 Å². The maximum Gasteiger partial charge on any atom is 0.224 e. The van der Waals surface area contributed by atoms with Crippen molar-refractivity contribution in [1.82, 2.24) is 9.80 Å². The number of carbonyl (C=O) groups excluding carboxylic acids is 1. The van der Waals surface area contributed by atoms with Gasteiger partial charge < -0.3 is 10.6 Å². The van der Waals surface area contributed by atoms with Crippen LogP contribution in [0.2, 0.25) is 0 Å². The summed E-state index contributed by atoms with van der Waals surface area (Å²) in [6.45, 7) is 10.0. The van der Waals surface area contributed by atoms with Crippen molar-refractivity contribution < 1.29 is 4.79 Å². The molecule has 4 nitrogen and oxygen atoms in total. The third-order valence-corrected chi connectivity index (χ3v) is 2.61. The predicted molar refractivity (Wildman–Crippen MR) is 61.5 cm³/mol. The fourth-order valence-electron chi connectivity index (χ4n) is 1.77. The number of nitrogens with zero attached hydrogens (tertiary/aromatic N) is 2. The highest BCUT2D eigenvalue weighted by atomic mass is 16.2. The van der Waals surface area contributed by atoms with Gasteiger partial charge in [-0.3, -0.25) is 9.69 Å². The van der Waals surface area contributed by atoms with Gasteiger partial charge in [-0.1, -0.05) is 6.08 Å². The molecule has 0 spiro atoms. The van der Waals surface area contributed by atoms with Crippen molar-refractivity contribution in [2.24, 2.45) is 5.73 Å². The van der Waals surface area contributed by atoms with E-state index in [1.54, 1.807) is 0 Å². The number of hydrogen-bond donors (Lipinski definition) is 1. The molecule has 0 aliphatic carbocycles. The number of rotatable bonds is 4. The van der Waals surface area contributed by atoms with Crippen LogP contribution in [-0.2, 0) is 4.79 Å². The van der Waals surface area contributed by atoms with Gasteiger partial charge in [-0.2, -0.15) is 0 Å². The molecular formula is C11H21N3O. The second-order valence-corrected chi connectivity index (χ2v) is 4.15. The van der Waals surface area contributed by atoms with E-state index in [-0.39, 0.29) is 11.9 Å². The maximum absolute atomic E-state index is 11.7. The van der Waals surface area contributed by atoms with Crippen LogP contribution in [0.1, 0.15) is 13.3 Å². The lowest BCUT2D eigenvalue weighted by atomic mass is 10.2. The van der Waals surface area contributed by atoms with Crippen LogP contribution in [0.15, 0.2) is 12.7 Å². The summed E-state index contributed by atoms with van der Waals surface area (Å²) in [4.78, 5) is 15.9. The van der Waals surface area contributed by atoms with Crippen LogP contribution in [0.4, 0.5) is 0 Å². The minimum absolute atomic E-state index is 0.0382. The van der Waals surface area contributed by atoms with Gasteiger partial charge in [0.25, 0.3) is 0 Å². The van der Waals surface area contributed by atoms with Gasteiger partial charge in [0.15, 0.2) is 0 Å². The van der Waals surface area contributed by atoms with Crippen LogP contribution >= 0.6 is 0 Å². The van der Waals surface area contributed by atoms with Crippen molar-refractivity contribution in [1.29, 1.82) is 0 Å². The SMILES string of the molecule is C=CCN1CCN(C(=O)CC(C)N)CC1. The molecule has 0 radical (unpaired) electrons. The summed E-state index contributed by atoms with van der Waals surface area (Å²) >= 11 is 0. The highest BCUT2D eigenvalue weighted by Crippen LogP contribution is 2.04. The number of hydrogen-bond acceptors (Lipinski definition) is 3. The van der Waals surface area contributed by atoms with Gasteiger partial charge in [0, 0.05) is 45.2 Å². The Bertz CT molecular complexity index is 220. The molecule has 0 saturated carbocycles. The monoisotopic (exact) mass is 211 g/mol. The molecule has 0 aromatic carbocycles. The summed E-state index contributed by atoms with van der Waals surface area (Å²) in [5.41, 5.74) is 5.60. The van der Waals surface area contributed by atoms with Crippen LogP contribution in [0.3, 0.4) is 0 Å². The van der Waals surface area contributed by atoms with Gasteiger partial charge >= 0.3 is 0 Å². The third-order valence-electron chi connectivity index (χ3n) is 2.61. The zero-order valence-corrected chi connectivity index (χ0v) is 9.48. The zero-order valence-electron chi connectivity index (χ0n) is 9.48. The van der Waals surface area contributed by atoms with Gasteiger partial charge in [0.1, 0.15) is 0 Å². The summed E-state index contributed by atoms with van der Waals surface area (Å²) < 4.78 is 0. The second-order valence-electron chi connectivity index (χ2n) is 4.15. The van der Waals surface area contributed by atoms with E-state index in [1.165, 1.54) is 0 Å². The van der Waals surface area contributed by atoms with Crippen LogP contribution < -0.4 is 5.73 Å². The molecule has 0 bridgehead atoms. The first-order valence-corrected chi connectivity index (χ1v) is 5.50. The standard InChI is InChI=1S/C11H21N3O/c1-3-4-13-5-7-14(8-6-13)11(15)9-10(2)12/h3,10H,1,4-9,12H2,2H3. The average molecular weight is 211 g/mol. The van der Waals surface area contributed by atoms with Crippen molar-refractivity contribution >= 4 is 5.91 Å². The molecule has 1 aliphatic rings. The van der Waals surface area contributed by atoms with Crippen molar-refractivity contribution in [2.45, 2.75) is 19.4 Å². The molecular weight excluding hydrogens is 190 g/mol. The normalized spacial score (nSPS) is 20.0. The molecule has 1 aliphatic heterocycles. The number of amides is 1. The van der Waals surface area contributed by atoms with E-state index in [4.69, 9.17) is 5.73 Å². The Morgan fingerprint density at radius 1 is 1.47 bits per heavy atom. The molecule has 1 amide bonds. The molecule has 1 unspecified atom stereocenters. The van der Waals surface area contributed by atoms with Crippen LogP contribution in [0.25, 0.3) is 0 Å². The molecule has 1 saturated heterocycles. The Morgan fingerprint density at radius 2 is 2.07 bits per heavy atom. The van der Waals surface area contributed by atoms with Gasteiger partial charge in [-0.15, -0.1) is 6.58 Å². The zero-order chi connectivity index (χ0) is 11.3. The van der Waals surface area contributed by atoms with Crippen molar-refractivity contribution in [3.05, 3.63) is 12.7 Å². The van der Waals surface area contributed by atoms with Crippen LogP contribution in [0.5, 0.6) is 0 Å². The summed E-state index contributed by atoms with van der Waals surface area (Å²) in [6.07, 6.45) is 2.36. The Kier molecular flexibility index (Phi) is 4.78. The van der Waals surface area contributed by atoms with E-state index in [1.807, 2.05) is 17.9 Å². The number of piperazine rings is 1. The summed E-state index contributed by atoms with van der Waals surface area (Å²) in [5.74, 6) is 0.184. The van der Waals surface area contributed by atoms with Crippen molar-refractivity contribution in [2.75, 3.05) is 32.7 Å². The molecule has 1 heterocycles. The molecule has 86 valence electrons. The average Bonchev–Trinajstić information content (AvgIpc) is 2.18.